The number of aliphatic hydroxyl groups is 1. The highest BCUT2D eigenvalue weighted by Crippen LogP contribution is 2.44. The number of rotatable bonds is 6. The summed E-state index contributed by atoms with van der Waals surface area (Å²) in [6.07, 6.45) is 1.01. The van der Waals surface area contributed by atoms with Gasteiger partial charge in [-0.2, -0.15) is 0 Å². The van der Waals surface area contributed by atoms with Crippen molar-refractivity contribution in [3.63, 3.8) is 0 Å². The average Bonchev–Trinajstić information content (AvgIpc) is 3.53. The van der Waals surface area contributed by atoms with Crippen LogP contribution in [0, 0.1) is 22.9 Å². The summed E-state index contributed by atoms with van der Waals surface area (Å²) in [4.78, 5) is 41.6. The lowest BCUT2D eigenvalue weighted by molar-refractivity contribution is -0.384. The smallest absolute Gasteiger partial charge is 0.301 e. The number of hydrogen-bond donors (Lipinski definition) is 1. The van der Waals surface area contributed by atoms with Gasteiger partial charge >= 0.3 is 5.91 Å². The van der Waals surface area contributed by atoms with Crippen LogP contribution in [0.3, 0.4) is 0 Å². The van der Waals surface area contributed by atoms with Gasteiger partial charge in [-0.3, -0.25) is 24.6 Å². The molecule has 13 heteroatoms. The lowest BCUT2D eigenvalue weighted by Gasteiger charge is -2.23. The molecule has 1 saturated heterocycles. The number of aliphatic hydroxyl groups excluding tert-OH is 1. The van der Waals surface area contributed by atoms with Crippen LogP contribution in [0.15, 0.2) is 93.7 Å². The van der Waals surface area contributed by atoms with Gasteiger partial charge in [0.1, 0.15) is 15.8 Å². The van der Waals surface area contributed by atoms with Gasteiger partial charge in [0.05, 0.1) is 27.6 Å². The van der Waals surface area contributed by atoms with E-state index in [1.165, 1.54) is 12.1 Å². The molecule has 0 radical (unpaired) electrons. The van der Waals surface area contributed by atoms with Crippen LogP contribution < -0.4 is 4.90 Å². The second-order valence-electron chi connectivity index (χ2n) is 8.80. The van der Waals surface area contributed by atoms with Crippen LogP contribution in [0.1, 0.15) is 22.7 Å². The molecule has 4 aromatic rings. The fraction of sp³-hybridized carbons (Fsp3) is 0.0741. The molecule has 40 heavy (non-hydrogen) atoms. The number of aryl methyl sites for hydroxylation is 1. The van der Waals surface area contributed by atoms with Gasteiger partial charge in [-0.25, -0.2) is 17.8 Å². The Labute approximate surface area is 230 Å². The summed E-state index contributed by atoms with van der Waals surface area (Å²) in [6.45, 7) is 1.84. The second-order valence-corrected chi connectivity index (χ2v) is 12.0. The number of non-ortho nitro benzene ring substituents is 1. The number of anilines is 1. The van der Waals surface area contributed by atoms with E-state index in [0.717, 1.165) is 53.1 Å². The number of sulfone groups is 1. The summed E-state index contributed by atoms with van der Waals surface area (Å²) in [5.74, 6) is -3.10. The van der Waals surface area contributed by atoms with E-state index >= 15 is 0 Å². The number of carbonyl (C=O) groups is 2. The predicted octanol–water partition coefficient (Wildman–Crippen LogP) is 4.96. The second kappa shape index (κ2) is 10.1. The van der Waals surface area contributed by atoms with Crippen molar-refractivity contribution >= 4 is 49.4 Å². The normalized spacial score (nSPS) is 16.9. The van der Waals surface area contributed by atoms with Crippen LogP contribution in [0.2, 0.25) is 0 Å². The van der Waals surface area contributed by atoms with Crippen LogP contribution in [-0.2, 0) is 19.4 Å². The quantitative estimate of drug-likeness (QED) is 0.111. The summed E-state index contributed by atoms with van der Waals surface area (Å²) < 4.78 is 39.9. The van der Waals surface area contributed by atoms with Crippen molar-refractivity contribution < 1.29 is 32.4 Å². The molecule has 2 heterocycles. The zero-order valence-corrected chi connectivity index (χ0v) is 22.1. The van der Waals surface area contributed by atoms with E-state index in [2.05, 4.69) is 4.98 Å². The van der Waals surface area contributed by atoms with Crippen molar-refractivity contribution in [1.29, 1.82) is 0 Å². The van der Waals surface area contributed by atoms with E-state index in [-0.39, 0.29) is 36.6 Å². The lowest BCUT2D eigenvalue weighted by atomic mass is 9.95. The molecule has 1 N–H and O–H groups in total. The number of nitrogens with zero attached hydrogens (tertiary/aromatic N) is 3. The number of thiazole rings is 1. The Hall–Kier alpha value is -4.75. The van der Waals surface area contributed by atoms with Crippen molar-refractivity contribution in [2.24, 2.45) is 0 Å². The first-order valence-electron chi connectivity index (χ1n) is 11.6. The third-order valence-corrected chi connectivity index (χ3v) is 9.48. The summed E-state index contributed by atoms with van der Waals surface area (Å²) in [7, 11) is -4.19. The first kappa shape index (κ1) is 26.8. The van der Waals surface area contributed by atoms with Crippen LogP contribution in [0.25, 0.3) is 5.76 Å². The molecule has 0 saturated carbocycles. The number of carbonyl (C=O) groups excluding carboxylic acids is 2. The summed E-state index contributed by atoms with van der Waals surface area (Å²) >= 11 is 0.603. The minimum Gasteiger partial charge on any atom is -0.507 e. The molecule has 0 spiro atoms. The largest absolute Gasteiger partial charge is 0.507 e. The number of Topliss-reactive ketones (excluding diaryl/α,β-unsaturated/α-hetero) is 1. The number of aromatic nitrogens is 1. The van der Waals surface area contributed by atoms with E-state index in [1.54, 1.807) is 24.3 Å². The molecular formula is C27H18FN3O7S2. The molecular weight excluding hydrogens is 561 g/mol. The molecule has 10 nitrogen and oxygen atoms in total. The van der Waals surface area contributed by atoms with Crippen molar-refractivity contribution in [3.05, 3.63) is 117 Å². The molecule has 1 unspecified atom stereocenters. The Balaban J connectivity index is 1.62. The van der Waals surface area contributed by atoms with Crippen LogP contribution in [0.5, 0.6) is 0 Å². The lowest BCUT2D eigenvalue weighted by Crippen LogP contribution is -2.29. The van der Waals surface area contributed by atoms with Gasteiger partial charge in [0, 0.05) is 17.7 Å². The molecule has 0 bridgehead atoms. The van der Waals surface area contributed by atoms with Crippen LogP contribution in [0.4, 0.5) is 15.2 Å². The van der Waals surface area contributed by atoms with Crippen molar-refractivity contribution in [2.45, 2.75) is 22.1 Å². The van der Waals surface area contributed by atoms with Crippen molar-refractivity contribution in [3.8, 4) is 0 Å². The molecule has 0 aliphatic carbocycles. The maximum Gasteiger partial charge on any atom is 0.301 e. The molecule has 1 aliphatic heterocycles. The topological polar surface area (TPSA) is 148 Å². The van der Waals surface area contributed by atoms with E-state index in [0.29, 0.717) is 11.3 Å². The molecule has 1 aromatic heterocycles. The van der Waals surface area contributed by atoms with Crippen LogP contribution >= 0.6 is 11.3 Å². The monoisotopic (exact) mass is 579 g/mol. The highest BCUT2D eigenvalue weighted by atomic mass is 32.2. The number of benzene rings is 3. The molecule has 1 aliphatic rings. The first-order chi connectivity index (χ1) is 19.0. The Morgan fingerprint density at radius 2 is 1.65 bits per heavy atom. The van der Waals surface area contributed by atoms with Gasteiger partial charge in [-0.15, -0.1) is 0 Å². The summed E-state index contributed by atoms with van der Waals surface area (Å²) in [5.41, 5.74) is 0.896. The van der Waals surface area contributed by atoms with Gasteiger partial charge in [-0.05, 0) is 36.8 Å². The zero-order chi connectivity index (χ0) is 28.8. The maximum atomic E-state index is 13.7. The Morgan fingerprint density at radius 1 is 1.02 bits per heavy atom. The average molecular weight is 580 g/mol. The number of amides is 1. The van der Waals surface area contributed by atoms with Gasteiger partial charge in [-0.1, -0.05) is 53.3 Å². The van der Waals surface area contributed by atoms with E-state index < -0.39 is 44.1 Å². The fourth-order valence-corrected chi connectivity index (χ4v) is 6.75. The highest BCUT2D eigenvalue weighted by Gasteiger charge is 2.48. The van der Waals surface area contributed by atoms with E-state index in [4.69, 9.17) is 0 Å². The van der Waals surface area contributed by atoms with Gasteiger partial charge in [0.25, 0.3) is 11.5 Å². The van der Waals surface area contributed by atoms with Gasteiger partial charge in [0.15, 0.2) is 5.13 Å². The van der Waals surface area contributed by atoms with Gasteiger partial charge < -0.3 is 5.11 Å². The van der Waals surface area contributed by atoms with E-state index in [1.807, 2.05) is 6.92 Å². The SMILES string of the molecule is Cc1ccc(C(O)=C2C(=O)C(=O)N(c3ncc(S(=O)(=O)c4ccc([N+](=O)[O-])cc4)s3)C2c2ccc(F)cc2)cc1. The molecule has 1 fully saturated rings. The van der Waals surface area contributed by atoms with E-state index in [9.17, 15) is 37.6 Å². The zero-order valence-electron chi connectivity index (χ0n) is 20.5. The minimum absolute atomic E-state index is 0.153. The fourth-order valence-electron chi connectivity index (χ4n) is 4.21. The number of hydrogen-bond acceptors (Lipinski definition) is 9. The number of ketones is 1. The third kappa shape index (κ3) is 4.65. The van der Waals surface area contributed by atoms with Crippen molar-refractivity contribution in [1.82, 2.24) is 4.98 Å². The Morgan fingerprint density at radius 3 is 2.25 bits per heavy atom. The predicted molar refractivity (Wildman–Crippen MR) is 143 cm³/mol. The number of halogens is 1. The Bertz CT molecular complexity index is 1800. The standard InChI is InChI=1S/C27H18FN3O7S2/c1-15-2-4-17(5-3-15)24(32)22-23(16-6-8-18(28)9-7-16)30(26(34)25(22)33)27-29-14-21(39-27)40(37,38)20-12-10-19(11-13-20)31(35)36/h2-14,23,32H,1H3. The van der Waals surface area contributed by atoms with Crippen LogP contribution in [-0.4, -0.2) is 35.1 Å². The minimum atomic E-state index is -4.19. The molecule has 1 amide bonds. The molecule has 202 valence electrons. The first-order valence-corrected chi connectivity index (χ1v) is 13.9. The molecule has 5 rings (SSSR count). The van der Waals surface area contributed by atoms with Crippen molar-refractivity contribution in [2.75, 3.05) is 4.90 Å². The molecule has 1 atom stereocenters. The Kier molecular flexibility index (Phi) is 6.77. The third-order valence-electron chi connectivity index (χ3n) is 6.26. The van der Waals surface area contributed by atoms with Gasteiger partial charge in [0.2, 0.25) is 9.84 Å². The number of nitro groups is 1. The highest BCUT2D eigenvalue weighted by molar-refractivity contribution is 7.93. The summed E-state index contributed by atoms with van der Waals surface area (Å²) in [5, 5.41) is 21.9. The summed E-state index contributed by atoms with van der Waals surface area (Å²) in [6, 6.07) is 14.6. The maximum absolute atomic E-state index is 13.7. The number of nitro benzene ring substituents is 1. The molecule has 3 aromatic carbocycles.